The van der Waals surface area contributed by atoms with Gasteiger partial charge in [0.1, 0.15) is 5.82 Å². The summed E-state index contributed by atoms with van der Waals surface area (Å²) in [7, 11) is 0. The van der Waals surface area contributed by atoms with Crippen LogP contribution in [-0.2, 0) is 17.8 Å². The highest BCUT2D eigenvalue weighted by Crippen LogP contribution is 2.33. The molecule has 0 amide bonds. The number of carboxylic acid groups (broad SMARTS) is 1. The molecule has 1 N–H and O–H groups in total. The molecule has 1 atom stereocenters. The minimum atomic E-state index is -0.793. The third kappa shape index (κ3) is 4.42. The van der Waals surface area contributed by atoms with E-state index in [0.717, 1.165) is 36.3 Å². The third-order valence-electron chi connectivity index (χ3n) is 4.70. The molecule has 0 bridgehead atoms. The fourth-order valence-corrected chi connectivity index (χ4v) is 3.53. The van der Waals surface area contributed by atoms with Gasteiger partial charge in [-0.15, -0.1) is 0 Å². The minimum absolute atomic E-state index is 0.118. The number of aromatic nitrogens is 1. The summed E-state index contributed by atoms with van der Waals surface area (Å²) in [4.78, 5) is 17.8. The lowest BCUT2D eigenvalue weighted by molar-refractivity contribution is -0.136. The van der Waals surface area contributed by atoms with Crippen molar-refractivity contribution in [2.45, 2.75) is 45.2 Å². The third-order valence-corrected chi connectivity index (χ3v) is 4.70. The Morgan fingerprint density at radius 3 is 2.92 bits per heavy atom. The molecule has 1 aliphatic heterocycles. The van der Waals surface area contributed by atoms with Crippen LogP contribution in [0.2, 0.25) is 0 Å². The van der Waals surface area contributed by atoms with Crippen molar-refractivity contribution >= 4 is 5.97 Å². The van der Waals surface area contributed by atoms with Crippen LogP contribution < -0.4 is 0 Å². The van der Waals surface area contributed by atoms with Gasteiger partial charge in [0.2, 0.25) is 0 Å². The molecule has 1 aromatic carbocycles. The molecule has 0 unspecified atom stereocenters. The lowest BCUT2D eigenvalue weighted by Crippen LogP contribution is -2.24. The van der Waals surface area contributed by atoms with Crippen LogP contribution in [0, 0.1) is 12.7 Å². The molecule has 2 aromatic rings. The second-order valence-electron chi connectivity index (χ2n) is 6.66. The van der Waals surface area contributed by atoms with Crippen molar-refractivity contribution in [2.75, 3.05) is 6.54 Å². The summed E-state index contributed by atoms with van der Waals surface area (Å²) in [5.74, 6) is -0.967. The molecule has 0 radical (unpaired) electrons. The zero-order valence-electron chi connectivity index (χ0n) is 14.4. The van der Waals surface area contributed by atoms with Crippen molar-refractivity contribution in [3.05, 3.63) is 64.7 Å². The number of pyridine rings is 1. The Balaban J connectivity index is 1.79. The molecular weight excluding hydrogens is 319 g/mol. The summed E-state index contributed by atoms with van der Waals surface area (Å²) >= 11 is 0. The molecule has 0 aliphatic carbocycles. The number of hydrogen-bond acceptors (Lipinski definition) is 3. The fraction of sp³-hybridized carbons (Fsp3) is 0.400. The molecule has 1 aliphatic rings. The van der Waals surface area contributed by atoms with Crippen LogP contribution in [0.4, 0.5) is 4.39 Å². The highest BCUT2D eigenvalue weighted by atomic mass is 19.1. The van der Waals surface area contributed by atoms with E-state index in [1.54, 1.807) is 6.07 Å². The van der Waals surface area contributed by atoms with Crippen molar-refractivity contribution in [3.8, 4) is 0 Å². The monoisotopic (exact) mass is 342 g/mol. The first-order valence-electron chi connectivity index (χ1n) is 8.69. The van der Waals surface area contributed by atoms with Crippen molar-refractivity contribution < 1.29 is 14.3 Å². The van der Waals surface area contributed by atoms with Crippen molar-refractivity contribution in [2.24, 2.45) is 0 Å². The minimum Gasteiger partial charge on any atom is -0.481 e. The van der Waals surface area contributed by atoms with E-state index in [1.807, 2.05) is 31.2 Å². The largest absolute Gasteiger partial charge is 0.481 e. The lowest BCUT2D eigenvalue weighted by Gasteiger charge is -2.25. The van der Waals surface area contributed by atoms with Gasteiger partial charge in [0, 0.05) is 24.2 Å². The Bertz CT molecular complexity index is 763. The predicted octanol–water partition coefficient (Wildman–Crippen LogP) is 3.88. The van der Waals surface area contributed by atoms with Crippen LogP contribution in [0.25, 0.3) is 0 Å². The van der Waals surface area contributed by atoms with Crippen LogP contribution in [0.15, 0.2) is 36.4 Å². The molecular formula is C20H23FN2O2. The quantitative estimate of drug-likeness (QED) is 0.865. The molecule has 0 spiro atoms. The van der Waals surface area contributed by atoms with E-state index in [9.17, 15) is 9.18 Å². The zero-order chi connectivity index (χ0) is 17.8. The Labute approximate surface area is 147 Å². The van der Waals surface area contributed by atoms with Crippen LogP contribution >= 0.6 is 0 Å². The summed E-state index contributed by atoms with van der Waals surface area (Å²) in [6, 6.07) is 11.0. The summed E-state index contributed by atoms with van der Waals surface area (Å²) in [5.41, 5.74) is 3.57. The van der Waals surface area contributed by atoms with Gasteiger partial charge in [-0.25, -0.2) is 4.39 Å². The lowest BCUT2D eigenvalue weighted by atomic mass is 10.0. The normalized spacial score (nSPS) is 17.8. The molecule has 5 heteroatoms. The summed E-state index contributed by atoms with van der Waals surface area (Å²) in [6.07, 6.45) is 2.67. The molecule has 25 heavy (non-hydrogen) atoms. The van der Waals surface area contributed by atoms with E-state index < -0.39 is 5.97 Å². The Morgan fingerprint density at radius 1 is 1.36 bits per heavy atom. The van der Waals surface area contributed by atoms with Crippen LogP contribution in [0.3, 0.4) is 0 Å². The summed E-state index contributed by atoms with van der Waals surface area (Å²) in [5, 5.41) is 8.90. The molecule has 4 nitrogen and oxygen atoms in total. The predicted molar refractivity (Wildman–Crippen MR) is 93.7 cm³/mol. The van der Waals surface area contributed by atoms with E-state index in [4.69, 9.17) is 5.11 Å². The van der Waals surface area contributed by atoms with Gasteiger partial charge < -0.3 is 5.11 Å². The maximum Gasteiger partial charge on any atom is 0.303 e. The maximum atomic E-state index is 14.0. The number of halogens is 1. The highest BCUT2D eigenvalue weighted by Gasteiger charge is 2.28. The second kappa shape index (κ2) is 7.74. The first kappa shape index (κ1) is 17.5. The average Bonchev–Trinajstić information content (AvgIpc) is 3.03. The molecule has 1 fully saturated rings. The molecule has 2 heterocycles. The molecule has 1 saturated heterocycles. The Morgan fingerprint density at radius 2 is 2.16 bits per heavy atom. The number of hydrogen-bond donors (Lipinski definition) is 1. The fourth-order valence-electron chi connectivity index (χ4n) is 3.53. The van der Waals surface area contributed by atoms with Gasteiger partial charge in [0.15, 0.2) is 0 Å². The Hall–Kier alpha value is -2.27. The van der Waals surface area contributed by atoms with Gasteiger partial charge in [-0.1, -0.05) is 18.2 Å². The zero-order valence-corrected chi connectivity index (χ0v) is 14.4. The summed E-state index contributed by atoms with van der Waals surface area (Å²) in [6.45, 7) is 3.42. The van der Waals surface area contributed by atoms with Crippen LogP contribution in [0.5, 0.6) is 0 Å². The number of carbonyl (C=O) groups is 1. The van der Waals surface area contributed by atoms with Crippen molar-refractivity contribution in [1.82, 2.24) is 9.88 Å². The number of aliphatic carboxylic acids is 1. The van der Waals surface area contributed by atoms with Crippen LogP contribution in [0.1, 0.15) is 47.8 Å². The maximum absolute atomic E-state index is 14.0. The SMILES string of the molecule is Cc1cc(CCC(=O)O)cc([C@H]2CCCN2Cc2ccccc2F)n1. The van der Waals surface area contributed by atoms with Gasteiger partial charge in [-0.3, -0.25) is 14.7 Å². The summed E-state index contributed by atoms with van der Waals surface area (Å²) < 4.78 is 14.0. The van der Waals surface area contributed by atoms with Crippen LogP contribution in [-0.4, -0.2) is 27.5 Å². The number of benzene rings is 1. The van der Waals surface area contributed by atoms with E-state index in [0.29, 0.717) is 18.5 Å². The van der Waals surface area contributed by atoms with Gasteiger partial charge in [-0.2, -0.15) is 0 Å². The van der Waals surface area contributed by atoms with E-state index >= 15 is 0 Å². The Kier molecular flexibility index (Phi) is 5.43. The van der Waals surface area contributed by atoms with E-state index in [2.05, 4.69) is 9.88 Å². The first-order chi connectivity index (χ1) is 12.0. The van der Waals surface area contributed by atoms with E-state index in [1.165, 1.54) is 6.07 Å². The molecule has 3 rings (SSSR count). The number of likely N-dealkylation sites (tertiary alicyclic amines) is 1. The average molecular weight is 342 g/mol. The number of rotatable bonds is 6. The molecule has 132 valence electrons. The second-order valence-corrected chi connectivity index (χ2v) is 6.66. The number of aryl methyl sites for hydroxylation is 2. The highest BCUT2D eigenvalue weighted by molar-refractivity contribution is 5.67. The smallest absolute Gasteiger partial charge is 0.303 e. The molecule has 0 saturated carbocycles. The van der Waals surface area contributed by atoms with Gasteiger partial charge >= 0.3 is 5.97 Å². The van der Waals surface area contributed by atoms with Crippen molar-refractivity contribution in [1.29, 1.82) is 0 Å². The van der Waals surface area contributed by atoms with E-state index in [-0.39, 0.29) is 18.3 Å². The standard InChI is InChI=1S/C20H23FN2O2/c1-14-11-15(8-9-20(24)25)12-18(22-14)19-7-4-10-23(19)13-16-5-2-3-6-17(16)21/h2-3,5-6,11-12,19H,4,7-10,13H2,1H3,(H,24,25)/t19-/m1/s1. The topological polar surface area (TPSA) is 53.4 Å². The number of nitrogens with zero attached hydrogens (tertiary/aromatic N) is 2. The van der Waals surface area contributed by atoms with Gasteiger partial charge in [-0.05, 0) is 56.5 Å². The van der Waals surface area contributed by atoms with Gasteiger partial charge in [0.05, 0.1) is 11.7 Å². The van der Waals surface area contributed by atoms with Crippen molar-refractivity contribution in [3.63, 3.8) is 0 Å². The number of carboxylic acids is 1. The van der Waals surface area contributed by atoms with Gasteiger partial charge in [0.25, 0.3) is 0 Å². The molecule has 1 aromatic heterocycles. The first-order valence-corrected chi connectivity index (χ1v) is 8.69.